The van der Waals surface area contributed by atoms with Gasteiger partial charge in [-0.05, 0) is 54.5 Å². The number of carbonyl (C=O) groups excluding carboxylic acids is 2. The molecule has 2 aromatic carbocycles. The lowest BCUT2D eigenvalue weighted by molar-refractivity contribution is -0.125. The van der Waals surface area contributed by atoms with Gasteiger partial charge in [0.2, 0.25) is 10.0 Å². The standard InChI is InChI=1S/C25H30N2O5S/c1-18-7-2-5-12-23(18)26-24(28)17-32-25(29)20-10-6-11-22(15-20)33(30,31)27-14-13-19-8-3-4-9-21(19)16-27/h3-4,6,8-11,15,18,23H,2,5,7,12-14,16-17H2,1H3,(H,26,28)/t18-,23-/m0/s1. The molecule has 1 aliphatic heterocycles. The highest BCUT2D eigenvalue weighted by Gasteiger charge is 2.29. The summed E-state index contributed by atoms with van der Waals surface area (Å²) in [6.45, 7) is 2.41. The Labute approximate surface area is 195 Å². The van der Waals surface area contributed by atoms with E-state index in [4.69, 9.17) is 4.74 Å². The Morgan fingerprint density at radius 1 is 1.06 bits per heavy atom. The molecule has 1 heterocycles. The molecule has 1 amide bonds. The van der Waals surface area contributed by atoms with Crippen molar-refractivity contribution >= 4 is 21.9 Å². The van der Waals surface area contributed by atoms with Crippen LogP contribution in [0.3, 0.4) is 0 Å². The summed E-state index contributed by atoms with van der Waals surface area (Å²) in [7, 11) is -3.77. The molecule has 0 radical (unpaired) electrons. The molecule has 2 aliphatic rings. The fourth-order valence-corrected chi connectivity index (χ4v) is 6.07. The quantitative estimate of drug-likeness (QED) is 0.654. The molecule has 176 valence electrons. The number of fused-ring (bicyclic) bond motifs is 1. The van der Waals surface area contributed by atoms with E-state index in [0.717, 1.165) is 30.4 Å². The lowest BCUT2D eigenvalue weighted by atomic mass is 9.86. The van der Waals surface area contributed by atoms with Gasteiger partial charge < -0.3 is 10.1 Å². The molecular formula is C25H30N2O5S. The molecule has 0 bridgehead atoms. The van der Waals surface area contributed by atoms with Crippen molar-refractivity contribution in [1.82, 2.24) is 9.62 Å². The number of ether oxygens (including phenoxy) is 1. The highest BCUT2D eigenvalue weighted by molar-refractivity contribution is 7.89. The van der Waals surface area contributed by atoms with Crippen LogP contribution in [0.15, 0.2) is 53.4 Å². The summed E-state index contributed by atoms with van der Waals surface area (Å²) >= 11 is 0. The zero-order valence-corrected chi connectivity index (χ0v) is 19.6. The second-order valence-electron chi connectivity index (χ2n) is 8.90. The predicted molar refractivity (Wildman–Crippen MR) is 124 cm³/mol. The summed E-state index contributed by atoms with van der Waals surface area (Å²) in [6.07, 6.45) is 4.91. The fourth-order valence-electron chi connectivity index (χ4n) is 4.60. The molecule has 2 atom stereocenters. The molecule has 1 fully saturated rings. The maximum Gasteiger partial charge on any atom is 0.338 e. The summed E-state index contributed by atoms with van der Waals surface area (Å²) < 4.78 is 33.0. The van der Waals surface area contributed by atoms with Crippen molar-refractivity contribution in [1.29, 1.82) is 0 Å². The van der Waals surface area contributed by atoms with E-state index < -0.39 is 16.0 Å². The summed E-state index contributed by atoms with van der Waals surface area (Å²) in [4.78, 5) is 24.8. The number of carbonyl (C=O) groups is 2. The van der Waals surface area contributed by atoms with Gasteiger partial charge in [0.05, 0.1) is 10.5 Å². The number of esters is 1. The van der Waals surface area contributed by atoms with Gasteiger partial charge in [0.25, 0.3) is 5.91 Å². The first-order valence-electron chi connectivity index (χ1n) is 11.5. The van der Waals surface area contributed by atoms with Crippen molar-refractivity contribution in [2.75, 3.05) is 13.2 Å². The van der Waals surface area contributed by atoms with Crippen LogP contribution in [0, 0.1) is 5.92 Å². The van der Waals surface area contributed by atoms with Crippen molar-refractivity contribution < 1.29 is 22.7 Å². The lowest BCUT2D eigenvalue weighted by Gasteiger charge is -2.29. The zero-order valence-electron chi connectivity index (χ0n) is 18.8. The van der Waals surface area contributed by atoms with E-state index in [1.165, 1.54) is 35.0 Å². The smallest absolute Gasteiger partial charge is 0.338 e. The van der Waals surface area contributed by atoms with Crippen LogP contribution in [-0.4, -0.2) is 43.8 Å². The minimum Gasteiger partial charge on any atom is -0.452 e. The van der Waals surface area contributed by atoms with Crippen LogP contribution in [0.1, 0.15) is 54.1 Å². The minimum absolute atomic E-state index is 0.0387. The van der Waals surface area contributed by atoms with Crippen LogP contribution in [0.2, 0.25) is 0 Å². The van der Waals surface area contributed by atoms with Crippen LogP contribution < -0.4 is 5.32 Å². The second-order valence-corrected chi connectivity index (χ2v) is 10.8. The van der Waals surface area contributed by atoms with E-state index in [1.54, 1.807) is 0 Å². The SMILES string of the molecule is C[C@H]1CCCC[C@@H]1NC(=O)COC(=O)c1cccc(S(=O)(=O)N2CCc3ccccc3C2)c1. The van der Waals surface area contributed by atoms with Crippen molar-refractivity contribution in [3.05, 3.63) is 65.2 Å². The molecular weight excluding hydrogens is 440 g/mol. The molecule has 7 nitrogen and oxygen atoms in total. The molecule has 8 heteroatoms. The maximum atomic E-state index is 13.2. The number of benzene rings is 2. The van der Waals surface area contributed by atoms with Crippen LogP contribution in [0.25, 0.3) is 0 Å². The highest BCUT2D eigenvalue weighted by Crippen LogP contribution is 2.26. The van der Waals surface area contributed by atoms with Gasteiger partial charge in [0.15, 0.2) is 6.61 Å². The minimum atomic E-state index is -3.77. The van der Waals surface area contributed by atoms with Crippen LogP contribution in [0.4, 0.5) is 0 Å². The Morgan fingerprint density at radius 2 is 1.82 bits per heavy atom. The van der Waals surface area contributed by atoms with E-state index in [-0.39, 0.29) is 29.0 Å². The second kappa shape index (κ2) is 10.1. The number of hydrogen-bond acceptors (Lipinski definition) is 5. The Morgan fingerprint density at radius 3 is 2.61 bits per heavy atom. The van der Waals surface area contributed by atoms with Gasteiger partial charge in [-0.15, -0.1) is 0 Å². The van der Waals surface area contributed by atoms with Crippen molar-refractivity contribution in [3.63, 3.8) is 0 Å². The van der Waals surface area contributed by atoms with Crippen molar-refractivity contribution in [2.45, 2.75) is 56.5 Å². The Balaban J connectivity index is 1.39. The van der Waals surface area contributed by atoms with Gasteiger partial charge in [-0.3, -0.25) is 4.79 Å². The molecule has 33 heavy (non-hydrogen) atoms. The van der Waals surface area contributed by atoms with Gasteiger partial charge in [0.1, 0.15) is 0 Å². The topological polar surface area (TPSA) is 92.8 Å². The first-order chi connectivity index (χ1) is 15.8. The van der Waals surface area contributed by atoms with Crippen molar-refractivity contribution in [2.24, 2.45) is 5.92 Å². The fraction of sp³-hybridized carbons (Fsp3) is 0.440. The first-order valence-corrected chi connectivity index (χ1v) is 12.9. The first kappa shape index (κ1) is 23.4. The van der Waals surface area contributed by atoms with Crippen LogP contribution in [-0.2, 0) is 32.5 Å². The van der Waals surface area contributed by atoms with Crippen LogP contribution >= 0.6 is 0 Å². The number of amides is 1. The molecule has 1 aliphatic carbocycles. The molecule has 0 spiro atoms. The van der Waals surface area contributed by atoms with E-state index in [2.05, 4.69) is 12.2 Å². The Kier molecular flexibility index (Phi) is 7.14. The normalized spacial score (nSPS) is 21.1. The van der Waals surface area contributed by atoms with E-state index in [9.17, 15) is 18.0 Å². The molecule has 0 saturated heterocycles. The van der Waals surface area contributed by atoms with E-state index >= 15 is 0 Å². The van der Waals surface area contributed by atoms with E-state index in [0.29, 0.717) is 25.4 Å². The Bertz CT molecular complexity index is 1130. The molecule has 0 aromatic heterocycles. The molecule has 1 saturated carbocycles. The highest BCUT2D eigenvalue weighted by atomic mass is 32.2. The third kappa shape index (κ3) is 5.45. The predicted octanol–water partition coefficient (Wildman–Crippen LogP) is 3.29. The van der Waals surface area contributed by atoms with E-state index in [1.807, 2.05) is 24.3 Å². The van der Waals surface area contributed by atoms with Crippen molar-refractivity contribution in [3.8, 4) is 0 Å². The number of rotatable bonds is 6. The van der Waals surface area contributed by atoms with Crippen LogP contribution in [0.5, 0.6) is 0 Å². The number of nitrogens with zero attached hydrogens (tertiary/aromatic N) is 1. The molecule has 1 N–H and O–H groups in total. The lowest BCUT2D eigenvalue weighted by Crippen LogP contribution is -2.42. The monoisotopic (exact) mass is 470 g/mol. The van der Waals surface area contributed by atoms with Gasteiger partial charge in [-0.1, -0.05) is 50.1 Å². The van der Waals surface area contributed by atoms with Gasteiger partial charge in [0, 0.05) is 19.1 Å². The molecule has 4 rings (SSSR count). The van der Waals surface area contributed by atoms with Gasteiger partial charge in [-0.25, -0.2) is 13.2 Å². The van der Waals surface area contributed by atoms with Gasteiger partial charge in [-0.2, -0.15) is 4.31 Å². The molecule has 0 unspecified atom stereocenters. The molecule has 2 aromatic rings. The largest absolute Gasteiger partial charge is 0.452 e. The summed E-state index contributed by atoms with van der Waals surface area (Å²) in [5.74, 6) is -0.650. The maximum absolute atomic E-state index is 13.2. The van der Waals surface area contributed by atoms with Gasteiger partial charge >= 0.3 is 5.97 Å². The third-order valence-corrected chi connectivity index (χ3v) is 8.44. The Hall–Kier alpha value is -2.71. The third-order valence-electron chi connectivity index (χ3n) is 6.60. The number of sulfonamides is 1. The average molecular weight is 471 g/mol. The zero-order chi connectivity index (χ0) is 23.4. The summed E-state index contributed by atoms with van der Waals surface area (Å²) in [5.41, 5.74) is 2.25. The number of hydrogen-bond donors (Lipinski definition) is 1. The average Bonchev–Trinajstić information content (AvgIpc) is 2.83. The summed E-state index contributed by atoms with van der Waals surface area (Å²) in [5, 5.41) is 2.94. The summed E-state index contributed by atoms with van der Waals surface area (Å²) in [6, 6.07) is 13.7. The number of nitrogens with one attached hydrogen (secondary N) is 1.